The number of halogens is 1. The van der Waals surface area contributed by atoms with Gasteiger partial charge < -0.3 is 4.90 Å². The SMILES string of the molecule is O=C(CSc1nnc(-c2ccccc2F)n1C1CC1)N(C1CCCC1)[C@H]1CCS(=O)(=O)C1. The summed E-state index contributed by atoms with van der Waals surface area (Å²) in [6.45, 7) is 0. The Morgan fingerprint density at radius 3 is 2.50 bits per heavy atom. The van der Waals surface area contributed by atoms with E-state index in [4.69, 9.17) is 0 Å². The van der Waals surface area contributed by atoms with Gasteiger partial charge in [0.05, 0.1) is 22.8 Å². The third-order valence-electron chi connectivity index (χ3n) is 6.62. The van der Waals surface area contributed by atoms with Crippen LogP contribution in [0.2, 0.25) is 0 Å². The molecule has 2 aromatic rings. The Labute approximate surface area is 191 Å². The third kappa shape index (κ3) is 4.44. The Morgan fingerprint density at radius 2 is 1.84 bits per heavy atom. The van der Waals surface area contributed by atoms with Gasteiger partial charge in [-0.3, -0.25) is 9.36 Å². The minimum atomic E-state index is -3.07. The molecule has 5 rings (SSSR count). The highest BCUT2D eigenvalue weighted by atomic mass is 32.2. The maximum absolute atomic E-state index is 14.4. The molecule has 2 aliphatic carbocycles. The average molecular weight is 479 g/mol. The van der Waals surface area contributed by atoms with E-state index in [1.807, 2.05) is 9.47 Å². The first kappa shape index (κ1) is 21.9. The predicted octanol–water partition coefficient (Wildman–Crippen LogP) is 3.47. The van der Waals surface area contributed by atoms with Crippen LogP contribution in [0.15, 0.2) is 29.4 Å². The van der Waals surface area contributed by atoms with Crippen LogP contribution in [0.25, 0.3) is 11.4 Å². The molecule has 1 aromatic heterocycles. The molecule has 2 saturated carbocycles. The molecule has 0 spiro atoms. The molecular formula is C22H27FN4O3S2. The van der Waals surface area contributed by atoms with Crippen LogP contribution < -0.4 is 0 Å². The monoisotopic (exact) mass is 478 g/mol. The maximum Gasteiger partial charge on any atom is 0.233 e. The van der Waals surface area contributed by atoms with Gasteiger partial charge in [-0.25, -0.2) is 12.8 Å². The first-order valence-electron chi connectivity index (χ1n) is 11.3. The van der Waals surface area contributed by atoms with E-state index < -0.39 is 9.84 Å². The van der Waals surface area contributed by atoms with Gasteiger partial charge in [-0.15, -0.1) is 10.2 Å². The summed E-state index contributed by atoms with van der Waals surface area (Å²) in [6.07, 6.45) is 6.49. The summed E-state index contributed by atoms with van der Waals surface area (Å²) in [6, 6.07) is 6.64. The lowest BCUT2D eigenvalue weighted by Gasteiger charge is -2.34. The van der Waals surface area contributed by atoms with Gasteiger partial charge >= 0.3 is 0 Å². The van der Waals surface area contributed by atoms with Gasteiger partial charge in [0.1, 0.15) is 5.82 Å². The van der Waals surface area contributed by atoms with Crippen LogP contribution >= 0.6 is 11.8 Å². The van der Waals surface area contributed by atoms with Crippen molar-refractivity contribution in [1.29, 1.82) is 0 Å². The molecule has 1 saturated heterocycles. The van der Waals surface area contributed by atoms with Crippen molar-refractivity contribution in [2.24, 2.45) is 0 Å². The second kappa shape index (κ2) is 8.78. The van der Waals surface area contributed by atoms with Gasteiger partial charge in [0, 0.05) is 18.1 Å². The van der Waals surface area contributed by atoms with Crippen molar-refractivity contribution in [3.63, 3.8) is 0 Å². The highest BCUT2D eigenvalue weighted by molar-refractivity contribution is 7.99. The molecule has 1 aromatic carbocycles. The van der Waals surface area contributed by atoms with E-state index in [1.54, 1.807) is 18.2 Å². The summed E-state index contributed by atoms with van der Waals surface area (Å²) in [5.74, 6) is 0.509. The Hall–Kier alpha value is -1.94. The summed E-state index contributed by atoms with van der Waals surface area (Å²) in [5.41, 5.74) is 0.411. The Morgan fingerprint density at radius 1 is 1.09 bits per heavy atom. The van der Waals surface area contributed by atoms with Crippen molar-refractivity contribution in [1.82, 2.24) is 19.7 Å². The van der Waals surface area contributed by atoms with E-state index in [9.17, 15) is 17.6 Å². The number of aromatic nitrogens is 3. The Bertz CT molecular complexity index is 1110. The van der Waals surface area contributed by atoms with Crippen molar-refractivity contribution in [3.05, 3.63) is 30.1 Å². The summed E-state index contributed by atoms with van der Waals surface area (Å²) >= 11 is 1.32. The number of sulfone groups is 1. The van der Waals surface area contributed by atoms with Crippen LogP contribution in [0.4, 0.5) is 4.39 Å². The number of carbonyl (C=O) groups is 1. The smallest absolute Gasteiger partial charge is 0.233 e. The lowest BCUT2D eigenvalue weighted by Crippen LogP contribution is -2.47. The predicted molar refractivity (Wildman–Crippen MR) is 121 cm³/mol. The number of amides is 1. The lowest BCUT2D eigenvalue weighted by molar-refractivity contribution is -0.132. The van der Waals surface area contributed by atoms with Gasteiger partial charge in [0.25, 0.3) is 0 Å². The van der Waals surface area contributed by atoms with Gasteiger partial charge in [0.2, 0.25) is 5.91 Å². The summed E-state index contributed by atoms with van der Waals surface area (Å²) < 4.78 is 40.5. The van der Waals surface area contributed by atoms with Crippen LogP contribution in [0, 0.1) is 5.82 Å². The van der Waals surface area contributed by atoms with Crippen LogP contribution in [-0.2, 0) is 14.6 Å². The minimum absolute atomic E-state index is 0.0400. The first-order chi connectivity index (χ1) is 15.4. The zero-order valence-electron chi connectivity index (χ0n) is 17.8. The van der Waals surface area contributed by atoms with E-state index in [1.165, 1.54) is 17.8 Å². The second-order valence-corrected chi connectivity index (χ2v) is 12.1. The minimum Gasteiger partial charge on any atom is -0.335 e. The van der Waals surface area contributed by atoms with E-state index in [0.717, 1.165) is 38.5 Å². The van der Waals surface area contributed by atoms with Crippen molar-refractivity contribution in [2.75, 3.05) is 17.3 Å². The van der Waals surface area contributed by atoms with Crippen molar-refractivity contribution < 1.29 is 17.6 Å². The lowest BCUT2D eigenvalue weighted by atomic mass is 10.1. The summed E-state index contributed by atoms with van der Waals surface area (Å²) in [5, 5.41) is 9.16. The van der Waals surface area contributed by atoms with E-state index in [2.05, 4.69) is 10.2 Å². The topological polar surface area (TPSA) is 85.2 Å². The van der Waals surface area contributed by atoms with Crippen LogP contribution in [0.3, 0.4) is 0 Å². The molecule has 3 fully saturated rings. The number of benzene rings is 1. The zero-order valence-corrected chi connectivity index (χ0v) is 19.5. The van der Waals surface area contributed by atoms with E-state index >= 15 is 0 Å². The fourth-order valence-electron chi connectivity index (χ4n) is 4.95. The van der Waals surface area contributed by atoms with E-state index in [-0.39, 0.29) is 47.1 Å². The van der Waals surface area contributed by atoms with E-state index in [0.29, 0.717) is 23.0 Å². The molecule has 1 amide bonds. The number of hydrogen-bond donors (Lipinski definition) is 0. The molecule has 7 nitrogen and oxygen atoms in total. The van der Waals surface area contributed by atoms with Gasteiger partial charge in [-0.1, -0.05) is 36.7 Å². The zero-order chi connectivity index (χ0) is 22.3. The van der Waals surface area contributed by atoms with Crippen molar-refractivity contribution >= 4 is 27.5 Å². The Kier molecular flexibility index (Phi) is 6.00. The molecule has 0 unspecified atom stereocenters. The Balaban J connectivity index is 1.35. The summed E-state index contributed by atoms with van der Waals surface area (Å²) in [7, 11) is -3.07. The van der Waals surface area contributed by atoms with Gasteiger partial charge in [-0.05, 0) is 44.2 Å². The molecule has 1 aliphatic heterocycles. The molecule has 32 heavy (non-hydrogen) atoms. The average Bonchev–Trinajstić information content (AvgIpc) is 3.13. The van der Waals surface area contributed by atoms with Gasteiger partial charge in [-0.2, -0.15) is 0 Å². The number of hydrogen-bond acceptors (Lipinski definition) is 6. The van der Waals surface area contributed by atoms with Crippen LogP contribution in [0.1, 0.15) is 51.0 Å². The highest BCUT2D eigenvalue weighted by Gasteiger charge is 2.39. The maximum atomic E-state index is 14.4. The standard InChI is InChI=1S/C22H27FN4O3S2/c23-19-8-4-3-7-18(19)21-24-25-22(27(21)16-9-10-16)31-13-20(28)26(15-5-1-2-6-15)17-11-12-32(29,30)14-17/h3-4,7-8,15-17H,1-2,5-6,9-14H2/t17-/m0/s1. The molecule has 3 aliphatic rings. The summed E-state index contributed by atoms with van der Waals surface area (Å²) in [4.78, 5) is 15.2. The molecule has 172 valence electrons. The molecule has 0 bridgehead atoms. The number of rotatable bonds is 7. The molecule has 0 radical (unpaired) electrons. The highest BCUT2D eigenvalue weighted by Crippen LogP contribution is 2.41. The second-order valence-electron chi connectivity index (χ2n) is 8.97. The molecule has 2 heterocycles. The normalized spacial score (nSPS) is 23.0. The number of carbonyl (C=O) groups excluding carboxylic acids is 1. The fourth-order valence-corrected chi connectivity index (χ4v) is 7.53. The number of thioether (sulfide) groups is 1. The molecule has 10 heteroatoms. The molecular weight excluding hydrogens is 451 g/mol. The number of nitrogens with zero attached hydrogens (tertiary/aromatic N) is 4. The van der Waals surface area contributed by atoms with Gasteiger partial charge in [0.15, 0.2) is 20.8 Å². The quantitative estimate of drug-likeness (QED) is 0.567. The molecule has 0 N–H and O–H groups in total. The third-order valence-corrected chi connectivity index (χ3v) is 9.30. The first-order valence-corrected chi connectivity index (χ1v) is 14.1. The molecule has 1 atom stereocenters. The van der Waals surface area contributed by atoms with Crippen molar-refractivity contribution in [2.45, 2.75) is 68.2 Å². The van der Waals surface area contributed by atoms with Crippen LogP contribution in [-0.4, -0.2) is 63.3 Å². The van der Waals surface area contributed by atoms with Crippen LogP contribution in [0.5, 0.6) is 0 Å². The largest absolute Gasteiger partial charge is 0.335 e. The fraction of sp³-hybridized carbons (Fsp3) is 0.591. The van der Waals surface area contributed by atoms with Crippen molar-refractivity contribution in [3.8, 4) is 11.4 Å².